The van der Waals surface area contributed by atoms with E-state index in [1.807, 2.05) is 18.4 Å². The minimum atomic E-state index is -3.55. The van der Waals surface area contributed by atoms with E-state index in [1.165, 1.54) is 11.8 Å². The summed E-state index contributed by atoms with van der Waals surface area (Å²) in [5.41, 5.74) is 3.38. The maximum Gasteiger partial charge on any atom is 0.306 e. The van der Waals surface area contributed by atoms with Gasteiger partial charge in [-0.1, -0.05) is 48.2 Å². The molecule has 0 aliphatic rings. The summed E-state index contributed by atoms with van der Waals surface area (Å²) in [5, 5.41) is 9.48. The smallest absolute Gasteiger partial charge is 0.306 e. The number of aryl methyl sites for hydroxylation is 1. The Morgan fingerprint density at radius 1 is 0.861 bits per heavy atom. The topological polar surface area (TPSA) is 89.9 Å². The fourth-order valence-corrected chi connectivity index (χ4v) is 5.82. The van der Waals surface area contributed by atoms with E-state index >= 15 is 0 Å². The summed E-state index contributed by atoms with van der Waals surface area (Å²) in [6, 6.07) is 21.9. The van der Waals surface area contributed by atoms with Gasteiger partial charge in [0.05, 0.1) is 18.1 Å². The number of hydrogen-bond acceptors (Lipinski definition) is 8. The van der Waals surface area contributed by atoms with E-state index in [2.05, 4.69) is 24.3 Å². The fraction of sp³-hybridized carbons (Fsp3) is 0.296. The lowest BCUT2D eigenvalue weighted by molar-refractivity contribution is -0.110. The third-order valence-electron chi connectivity index (χ3n) is 5.29. The van der Waals surface area contributed by atoms with Gasteiger partial charge in [0.2, 0.25) is 5.12 Å². The van der Waals surface area contributed by atoms with Crippen molar-refractivity contribution < 1.29 is 27.2 Å². The van der Waals surface area contributed by atoms with Gasteiger partial charge in [-0.15, -0.1) is 11.8 Å². The molecule has 3 aromatic carbocycles. The second-order valence-corrected chi connectivity index (χ2v) is 11.9. The van der Waals surface area contributed by atoms with Gasteiger partial charge in [0, 0.05) is 6.42 Å². The normalized spacial score (nSPS) is 12.2. The molecule has 0 spiro atoms. The zero-order valence-electron chi connectivity index (χ0n) is 20.3. The van der Waals surface area contributed by atoms with E-state index in [1.54, 1.807) is 48.2 Å². The van der Waals surface area contributed by atoms with E-state index in [9.17, 15) is 18.3 Å². The van der Waals surface area contributed by atoms with Crippen LogP contribution in [0.15, 0.2) is 72.8 Å². The van der Waals surface area contributed by atoms with Crippen molar-refractivity contribution in [3.63, 3.8) is 0 Å². The Kier molecular flexibility index (Phi) is 10.6. The first-order valence-electron chi connectivity index (χ1n) is 11.4. The number of hydrogen-bond donors (Lipinski definition) is 1. The van der Waals surface area contributed by atoms with Gasteiger partial charge in [-0.3, -0.25) is 4.79 Å². The molecule has 0 aromatic heterocycles. The molecule has 36 heavy (non-hydrogen) atoms. The Hall–Kier alpha value is -2.62. The minimum absolute atomic E-state index is 0.110. The lowest BCUT2D eigenvalue weighted by Gasteiger charge is -2.15. The van der Waals surface area contributed by atoms with Gasteiger partial charge < -0.3 is 14.0 Å². The number of ether oxygens (including phenoxy) is 1. The van der Waals surface area contributed by atoms with Crippen LogP contribution in [0.2, 0.25) is 0 Å². The SMILES string of the molecule is CSC(=O)[C@H](Cc1ccc(CCOc2ccc(OS(C)(=O)=O)cc2)cc1)SCCc1ccc(O)cc1. The molecule has 0 amide bonds. The fourth-order valence-electron chi connectivity index (χ4n) is 3.43. The van der Waals surface area contributed by atoms with Crippen LogP contribution in [0.4, 0.5) is 0 Å². The van der Waals surface area contributed by atoms with E-state index in [0.29, 0.717) is 18.8 Å². The van der Waals surface area contributed by atoms with Crippen LogP contribution in [0.3, 0.4) is 0 Å². The second kappa shape index (κ2) is 13.6. The molecule has 1 N–H and O–H groups in total. The first-order valence-corrected chi connectivity index (χ1v) is 15.5. The predicted octanol–water partition coefficient (Wildman–Crippen LogP) is 5.13. The van der Waals surface area contributed by atoms with Crippen LogP contribution in [0.1, 0.15) is 16.7 Å². The van der Waals surface area contributed by atoms with Crippen molar-refractivity contribution in [2.45, 2.75) is 24.5 Å². The molecule has 0 aliphatic carbocycles. The molecule has 6 nitrogen and oxygen atoms in total. The molecule has 0 unspecified atom stereocenters. The van der Waals surface area contributed by atoms with Crippen molar-refractivity contribution in [2.75, 3.05) is 24.9 Å². The largest absolute Gasteiger partial charge is 0.508 e. The van der Waals surface area contributed by atoms with Crippen LogP contribution >= 0.6 is 23.5 Å². The Morgan fingerprint density at radius 3 is 2.03 bits per heavy atom. The monoisotopic (exact) mass is 546 g/mol. The van der Waals surface area contributed by atoms with Crippen LogP contribution in [0.25, 0.3) is 0 Å². The number of phenolic OH excluding ortho intramolecular Hbond substituents is 1. The molecule has 0 bridgehead atoms. The molecule has 0 saturated heterocycles. The highest BCUT2D eigenvalue weighted by Crippen LogP contribution is 2.24. The van der Waals surface area contributed by atoms with Crippen molar-refractivity contribution in [2.24, 2.45) is 0 Å². The van der Waals surface area contributed by atoms with E-state index < -0.39 is 10.1 Å². The highest BCUT2D eigenvalue weighted by Gasteiger charge is 2.18. The van der Waals surface area contributed by atoms with Crippen molar-refractivity contribution in [3.05, 3.63) is 89.5 Å². The number of carbonyl (C=O) groups is 1. The Labute approximate surface area is 221 Å². The predicted molar refractivity (Wildman–Crippen MR) is 148 cm³/mol. The van der Waals surface area contributed by atoms with Crippen molar-refractivity contribution in [3.8, 4) is 17.2 Å². The molecule has 192 valence electrons. The molecule has 3 rings (SSSR count). The van der Waals surface area contributed by atoms with Crippen molar-refractivity contribution in [1.29, 1.82) is 0 Å². The van der Waals surface area contributed by atoms with Crippen LogP contribution in [0, 0.1) is 0 Å². The third-order valence-corrected chi connectivity index (χ3v) is 7.84. The zero-order valence-corrected chi connectivity index (χ0v) is 22.7. The van der Waals surface area contributed by atoms with Gasteiger partial charge in [0.25, 0.3) is 0 Å². The molecule has 0 heterocycles. The summed E-state index contributed by atoms with van der Waals surface area (Å²) in [5.74, 6) is 1.97. The van der Waals surface area contributed by atoms with E-state index in [0.717, 1.165) is 41.5 Å². The average Bonchev–Trinajstić information content (AvgIpc) is 2.85. The third kappa shape index (κ3) is 9.79. The molecule has 3 aromatic rings. The number of thioether (sulfide) groups is 2. The van der Waals surface area contributed by atoms with Gasteiger partial charge in [-0.2, -0.15) is 8.42 Å². The maximum absolute atomic E-state index is 12.5. The van der Waals surface area contributed by atoms with Gasteiger partial charge in [-0.05, 0) is 77.9 Å². The number of phenols is 1. The second-order valence-electron chi connectivity index (χ2n) is 8.18. The molecular formula is C27H30O6S3. The number of carbonyl (C=O) groups excluding carboxylic acids is 1. The quantitative estimate of drug-likeness (QED) is 0.295. The van der Waals surface area contributed by atoms with Crippen LogP contribution in [-0.4, -0.2) is 48.8 Å². The molecule has 9 heteroatoms. The summed E-state index contributed by atoms with van der Waals surface area (Å²) in [4.78, 5) is 12.5. The highest BCUT2D eigenvalue weighted by atomic mass is 32.2. The summed E-state index contributed by atoms with van der Waals surface area (Å²) in [7, 11) is -3.55. The van der Waals surface area contributed by atoms with Crippen molar-refractivity contribution >= 4 is 38.8 Å². The minimum Gasteiger partial charge on any atom is -0.508 e. The summed E-state index contributed by atoms with van der Waals surface area (Å²) >= 11 is 2.94. The van der Waals surface area contributed by atoms with Crippen LogP contribution in [0.5, 0.6) is 17.2 Å². The Balaban J connectivity index is 1.46. The first-order chi connectivity index (χ1) is 17.2. The molecule has 0 radical (unpaired) electrons. The summed E-state index contributed by atoms with van der Waals surface area (Å²) in [6.45, 7) is 0.478. The molecule has 0 saturated carbocycles. The zero-order chi connectivity index (χ0) is 26.0. The maximum atomic E-state index is 12.5. The number of aromatic hydroxyl groups is 1. The molecule has 0 aliphatic heterocycles. The molecule has 0 fully saturated rings. The Bertz CT molecular complexity index is 1210. The van der Waals surface area contributed by atoms with E-state index in [-0.39, 0.29) is 21.9 Å². The van der Waals surface area contributed by atoms with Crippen LogP contribution in [-0.2, 0) is 34.2 Å². The average molecular weight is 547 g/mol. The summed E-state index contributed by atoms with van der Waals surface area (Å²) in [6.07, 6.45) is 5.07. The Morgan fingerprint density at radius 2 is 1.42 bits per heavy atom. The first kappa shape index (κ1) is 28.0. The molecule has 1 atom stereocenters. The number of rotatable bonds is 13. The standard InChI is InChI=1S/C27H30O6S3/c1-34-27(29)26(35-18-16-21-7-9-23(28)10-8-21)19-22-5-3-20(4-6-22)15-17-32-24-11-13-25(14-12-24)33-36(2,30)31/h3-14,26,28H,15-19H2,1-2H3/t26-/m0/s1. The van der Waals surface area contributed by atoms with Gasteiger partial charge in [0.1, 0.15) is 17.2 Å². The number of benzene rings is 3. The summed E-state index contributed by atoms with van der Waals surface area (Å²) < 4.78 is 32.9. The van der Waals surface area contributed by atoms with Gasteiger partial charge in [-0.25, -0.2) is 0 Å². The van der Waals surface area contributed by atoms with Gasteiger partial charge >= 0.3 is 10.1 Å². The molecular weight excluding hydrogens is 516 g/mol. The lowest BCUT2D eigenvalue weighted by Crippen LogP contribution is -2.18. The van der Waals surface area contributed by atoms with E-state index in [4.69, 9.17) is 8.92 Å². The van der Waals surface area contributed by atoms with Crippen molar-refractivity contribution in [1.82, 2.24) is 0 Å². The highest BCUT2D eigenvalue weighted by molar-refractivity contribution is 8.15. The van der Waals surface area contributed by atoms with Gasteiger partial charge in [0.15, 0.2) is 0 Å². The van der Waals surface area contributed by atoms with Crippen LogP contribution < -0.4 is 8.92 Å². The lowest BCUT2D eigenvalue weighted by atomic mass is 10.1.